The molecular weight excluding hydrogens is 260 g/mol. The van der Waals surface area contributed by atoms with Crippen LogP contribution in [0.2, 0.25) is 0 Å². The predicted octanol–water partition coefficient (Wildman–Crippen LogP) is 3.53. The van der Waals surface area contributed by atoms with Gasteiger partial charge >= 0.3 is 0 Å². The zero-order valence-electron chi connectivity index (χ0n) is 14.4. The molecule has 0 bridgehead atoms. The lowest BCUT2D eigenvalue weighted by atomic mass is 10.0. The van der Waals surface area contributed by atoms with E-state index in [0.717, 1.165) is 32.4 Å². The van der Waals surface area contributed by atoms with Crippen molar-refractivity contribution in [2.45, 2.75) is 59.0 Å². The van der Waals surface area contributed by atoms with Gasteiger partial charge < -0.3 is 15.4 Å². The van der Waals surface area contributed by atoms with Crippen molar-refractivity contribution in [3.8, 4) is 0 Å². The first kappa shape index (κ1) is 18.0. The zero-order chi connectivity index (χ0) is 15.8. The highest BCUT2D eigenvalue weighted by Gasteiger charge is 2.15. The standard InChI is InChI=1S/C18H32N2O/c1-6-15(4)20(10-11-21-5)18-9-8-16(12-14(18)3)13-17(19)7-2/h8-9,12,15,17H,6-7,10-11,13,19H2,1-5H3. The molecule has 1 aromatic carbocycles. The third-order valence-corrected chi connectivity index (χ3v) is 4.25. The van der Waals surface area contributed by atoms with Crippen LogP contribution >= 0.6 is 0 Å². The number of aryl methyl sites for hydroxylation is 1. The van der Waals surface area contributed by atoms with E-state index in [1.54, 1.807) is 7.11 Å². The number of nitrogens with two attached hydrogens (primary N) is 1. The van der Waals surface area contributed by atoms with Gasteiger partial charge in [-0.05, 0) is 50.3 Å². The molecule has 0 heterocycles. The molecule has 0 spiro atoms. The minimum atomic E-state index is 0.259. The van der Waals surface area contributed by atoms with E-state index < -0.39 is 0 Å². The SMILES string of the molecule is CCC(N)Cc1ccc(N(CCOC)C(C)CC)c(C)c1. The lowest BCUT2D eigenvalue weighted by molar-refractivity contribution is 0.203. The summed E-state index contributed by atoms with van der Waals surface area (Å²) < 4.78 is 5.26. The molecule has 1 aromatic rings. The summed E-state index contributed by atoms with van der Waals surface area (Å²) in [5.74, 6) is 0. The molecule has 0 saturated heterocycles. The molecule has 0 fully saturated rings. The summed E-state index contributed by atoms with van der Waals surface area (Å²) in [7, 11) is 1.76. The number of hydrogen-bond acceptors (Lipinski definition) is 3. The fourth-order valence-corrected chi connectivity index (χ4v) is 2.60. The van der Waals surface area contributed by atoms with Crippen LogP contribution in [0.1, 0.15) is 44.7 Å². The summed E-state index contributed by atoms with van der Waals surface area (Å²) in [6.07, 6.45) is 3.11. The van der Waals surface area contributed by atoms with Crippen LogP contribution < -0.4 is 10.6 Å². The number of methoxy groups -OCH3 is 1. The second-order valence-electron chi connectivity index (χ2n) is 5.94. The normalized spacial score (nSPS) is 14.0. The highest BCUT2D eigenvalue weighted by molar-refractivity contribution is 5.55. The van der Waals surface area contributed by atoms with Crippen LogP contribution in [-0.2, 0) is 11.2 Å². The average Bonchev–Trinajstić information content (AvgIpc) is 2.48. The molecule has 0 radical (unpaired) electrons. The molecule has 2 N–H and O–H groups in total. The lowest BCUT2D eigenvalue weighted by Crippen LogP contribution is -2.36. The molecule has 0 amide bonds. The second-order valence-corrected chi connectivity index (χ2v) is 5.94. The number of ether oxygens (including phenoxy) is 1. The highest BCUT2D eigenvalue weighted by atomic mass is 16.5. The molecule has 0 aliphatic carbocycles. The van der Waals surface area contributed by atoms with E-state index >= 15 is 0 Å². The first-order valence-corrected chi connectivity index (χ1v) is 8.14. The molecule has 120 valence electrons. The van der Waals surface area contributed by atoms with Gasteiger partial charge in [-0.2, -0.15) is 0 Å². The Labute approximate surface area is 130 Å². The fourth-order valence-electron chi connectivity index (χ4n) is 2.60. The van der Waals surface area contributed by atoms with Gasteiger partial charge in [0.15, 0.2) is 0 Å². The van der Waals surface area contributed by atoms with Crippen LogP contribution in [0.3, 0.4) is 0 Å². The minimum Gasteiger partial charge on any atom is -0.383 e. The number of hydrogen-bond donors (Lipinski definition) is 1. The third kappa shape index (κ3) is 5.33. The van der Waals surface area contributed by atoms with Gasteiger partial charge in [-0.3, -0.25) is 0 Å². The van der Waals surface area contributed by atoms with E-state index in [1.807, 2.05) is 0 Å². The van der Waals surface area contributed by atoms with Gasteiger partial charge in [0, 0.05) is 31.4 Å². The Hall–Kier alpha value is -1.06. The van der Waals surface area contributed by atoms with Crippen LogP contribution in [0.15, 0.2) is 18.2 Å². The van der Waals surface area contributed by atoms with Gasteiger partial charge in [-0.1, -0.05) is 26.0 Å². The summed E-state index contributed by atoms with van der Waals surface area (Å²) in [5.41, 5.74) is 10.0. The Bertz CT molecular complexity index is 420. The van der Waals surface area contributed by atoms with Crippen molar-refractivity contribution in [2.75, 3.05) is 25.2 Å². The van der Waals surface area contributed by atoms with E-state index in [4.69, 9.17) is 10.5 Å². The van der Waals surface area contributed by atoms with Gasteiger partial charge in [0.1, 0.15) is 0 Å². The van der Waals surface area contributed by atoms with Gasteiger partial charge in [0.2, 0.25) is 0 Å². The van der Waals surface area contributed by atoms with Crippen LogP contribution in [0.25, 0.3) is 0 Å². The number of rotatable bonds is 9. The van der Waals surface area contributed by atoms with Crippen molar-refractivity contribution in [2.24, 2.45) is 5.73 Å². The quantitative estimate of drug-likeness (QED) is 0.757. The van der Waals surface area contributed by atoms with Crippen molar-refractivity contribution in [3.63, 3.8) is 0 Å². The molecule has 2 atom stereocenters. The van der Waals surface area contributed by atoms with Gasteiger partial charge in [-0.25, -0.2) is 0 Å². The van der Waals surface area contributed by atoms with Gasteiger partial charge in [-0.15, -0.1) is 0 Å². The first-order chi connectivity index (χ1) is 10.0. The molecule has 0 saturated carbocycles. The van der Waals surface area contributed by atoms with Crippen molar-refractivity contribution in [3.05, 3.63) is 29.3 Å². The number of nitrogens with zero attached hydrogens (tertiary/aromatic N) is 1. The molecule has 21 heavy (non-hydrogen) atoms. The molecule has 0 aliphatic rings. The third-order valence-electron chi connectivity index (χ3n) is 4.25. The Morgan fingerprint density at radius 2 is 1.95 bits per heavy atom. The summed E-state index contributed by atoms with van der Waals surface area (Å²) in [5, 5.41) is 0. The predicted molar refractivity (Wildman–Crippen MR) is 92.1 cm³/mol. The van der Waals surface area contributed by atoms with Gasteiger partial charge in [0.05, 0.1) is 6.61 Å². The Morgan fingerprint density at radius 1 is 1.24 bits per heavy atom. The van der Waals surface area contributed by atoms with E-state index in [2.05, 4.69) is 50.8 Å². The Kier molecular flexibility index (Phi) is 7.76. The van der Waals surface area contributed by atoms with E-state index in [-0.39, 0.29) is 6.04 Å². The maximum atomic E-state index is 6.06. The van der Waals surface area contributed by atoms with Crippen LogP contribution in [0.4, 0.5) is 5.69 Å². The van der Waals surface area contributed by atoms with E-state index in [0.29, 0.717) is 6.04 Å². The zero-order valence-corrected chi connectivity index (χ0v) is 14.4. The van der Waals surface area contributed by atoms with Crippen LogP contribution in [0.5, 0.6) is 0 Å². The molecule has 0 aliphatic heterocycles. The summed E-state index contributed by atoms with van der Waals surface area (Å²) in [6.45, 7) is 10.5. The highest BCUT2D eigenvalue weighted by Crippen LogP contribution is 2.24. The molecule has 1 rings (SSSR count). The van der Waals surface area contributed by atoms with Crippen LogP contribution in [-0.4, -0.2) is 32.3 Å². The first-order valence-electron chi connectivity index (χ1n) is 8.14. The molecule has 3 heteroatoms. The van der Waals surface area contributed by atoms with Gasteiger partial charge in [0.25, 0.3) is 0 Å². The van der Waals surface area contributed by atoms with Crippen molar-refractivity contribution < 1.29 is 4.74 Å². The average molecular weight is 292 g/mol. The molecular formula is C18H32N2O. The monoisotopic (exact) mass is 292 g/mol. The molecule has 0 aromatic heterocycles. The van der Waals surface area contributed by atoms with E-state index in [1.165, 1.54) is 16.8 Å². The lowest BCUT2D eigenvalue weighted by Gasteiger charge is -2.32. The van der Waals surface area contributed by atoms with Crippen molar-refractivity contribution in [1.29, 1.82) is 0 Å². The molecule has 3 nitrogen and oxygen atoms in total. The number of benzene rings is 1. The van der Waals surface area contributed by atoms with Crippen molar-refractivity contribution in [1.82, 2.24) is 0 Å². The summed E-state index contributed by atoms with van der Waals surface area (Å²) in [4.78, 5) is 2.45. The molecule has 2 unspecified atom stereocenters. The maximum absolute atomic E-state index is 6.06. The maximum Gasteiger partial charge on any atom is 0.0637 e. The Balaban J connectivity index is 2.93. The fraction of sp³-hybridized carbons (Fsp3) is 0.667. The largest absolute Gasteiger partial charge is 0.383 e. The van der Waals surface area contributed by atoms with Crippen molar-refractivity contribution >= 4 is 5.69 Å². The summed E-state index contributed by atoms with van der Waals surface area (Å²) in [6, 6.07) is 7.53. The second kappa shape index (κ2) is 9.06. The minimum absolute atomic E-state index is 0.259. The smallest absolute Gasteiger partial charge is 0.0637 e. The van der Waals surface area contributed by atoms with Crippen LogP contribution in [0, 0.1) is 6.92 Å². The topological polar surface area (TPSA) is 38.5 Å². The Morgan fingerprint density at radius 3 is 2.48 bits per heavy atom. The summed E-state index contributed by atoms with van der Waals surface area (Å²) >= 11 is 0. The van der Waals surface area contributed by atoms with E-state index in [9.17, 15) is 0 Å². The number of anilines is 1.